The van der Waals surface area contributed by atoms with E-state index in [1.54, 1.807) is 18.5 Å². The highest BCUT2D eigenvalue weighted by atomic mass is 19.1. The number of hydrogen-bond donors (Lipinski definition) is 4. The first-order chi connectivity index (χ1) is 17.9. The molecule has 1 saturated carbocycles. The summed E-state index contributed by atoms with van der Waals surface area (Å²) in [6.07, 6.45) is 8.37. The topological polar surface area (TPSA) is 134 Å². The number of carbonyl (C=O) groups is 1. The molecule has 0 unspecified atom stereocenters. The van der Waals surface area contributed by atoms with E-state index in [1.165, 1.54) is 16.4 Å². The van der Waals surface area contributed by atoms with Gasteiger partial charge in [0.2, 0.25) is 5.91 Å². The molecule has 0 radical (unpaired) electrons. The van der Waals surface area contributed by atoms with Crippen LogP contribution >= 0.6 is 0 Å². The van der Waals surface area contributed by atoms with Crippen LogP contribution in [0.5, 0.6) is 0 Å². The fourth-order valence-electron chi connectivity index (χ4n) is 3.97. The van der Waals surface area contributed by atoms with Crippen LogP contribution in [0.25, 0.3) is 5.82 Å². The lowest BCUT2D eigenvalue weighted by molar-refractivity contribution is -0.126. The Hall–Kier alpha value is -4.12. The maximum absolute atomic E-state index is 12.9. The van der Waals surface area contributed by atoms with E-state index in [0.717, 1.165) is 41.9 Å². The van der Waals surface area contributed by atoms with Gasteiger partial charge >= 0.3 is 0 Å². The summed E-state index contributed by atoms with van der Waals surface area (Å²) in [6, 6.07) is 9.42. The van der Waals surface area contributed by atoms with E-state index < -0.39 is 5.82 Å². The van der Waals surface area contributed by atoms with Crippen molar-refractivity contribution >= 4 is 17.5 Å². The second kappa shape index (κ2) is 12.2. The molecule has 4 aromatic heterocycles. The van der Waals surface area contributed by atoms with Crippen molar-refractivity contribution in [2.24, 2.45) is 5.92 Å². The van der Waals surface area contributed by atoms with E-state index in [0.29, 0.717) is 25.2 Å². The molecule has 0 bridgehead atoms. The molecular formula is C26H31FN8O2. The fourth-order valence-corrected chi connectivity index (χ4v) is 3.97. The van der Waals surface area contributed by atoms with Crippen molar-refractivity contribution < 1.29 is 14.3 Å². The molecular weight excluding hydrogens is 475 g/mol. The number of carbonyl (C=O) groups excluding carboxylic acids is 1. The quantitative estimate of drug-likeness (QED) is 0.313. The van der Waals surface area contributed by atoms with Crippen LogP contribution in [0.4, 0.5) is 16.0 Å². The summed E-state index contributed by atoms with van der Waals surface area (Å²) in [5.41, 5.74) is 3.07. The van der Waals surface area contributed by atoms with Gasteiger partial charge < -0.3 is 15.7 Å². The molecule has 1 amide bonds. The van der Waals surface area contributed by atoms with Gasteiger partial charge in [0, 0.05) is 36.6 Å². The van der Waals surface area contributed by atoms with E-state index in [2.05, 4.69) is 35.9 Å². The molecule has 1 aliphatic rings. The molecule has 0 saturated heterocycles. The van der Waals surface area contributed by atoms with Crippen molar-refractivity contribution in [1.29, 1.82) is 0 Å². The average Bonchev–Trinajstić information content (AvgIpc) is 3.51. The number of aliphatic hydroxyl groups excluding tert-OH is 1. The number of rotatable bonds is 6. The third-order valence-electron chi connectivity index (χ3n) is 6.01. The van der Waals surface area contributed by atoms with E-state index in [1.807, 2.05) is 38.1 Å². The number of nitrogens with one attached hydrogen (secondary N) is 3. The Labute approximate surface area is 214 Å². The molecule has 4 aromatic rings. The predicted octanol–water partition coefficient (Wildman–Crippen LogP) is 3.74. The first-order valence-electron chi connectivity index (χ1n) is 12.2. The third-order valence-corrected chi connectivity index (χ3v) is 6.01. The van der Waals surface area contributed by atoms with Gasteiger partial charge in [-0.2, -0.15) is 10.2 Å². The van der Waals surface area contributed by atoms with E-state index in [-0.39, 0.29) is 17.9 Å². The van der Waals surface area contributed by atoms with E-state index >= 15 is 0 Å². The summed E-state index contributed by atoms with van der Waals surface area (Å²) < 4.78 is 14.3. The highest BCUT2D eigenvalue weighted by Crippen LogP contribution is 2.24. The largest absolute Gasteiger partial charge is 0.393 e. The fraction of sp³-hybridized carbons (Fsp3) is 0.346. The van der Waals surface area contributed by atoms with Gasteiger partial charge in [0.1, 0.15) is 5.82 Å². The Bertz CT molecular complexity index is 1300. The summed E-state index contributed by atoms with van der Waals surface area (Å²) in [4.78, 5) is 20.5. The van der Waals surface area contributed by atoms with Crippen LogP contribution < -0.4 is 10.6 Å². The molecule has 0 spiro atoms. The Morgan fingerprint density at radius 1 is 1.11 bits per heavy atom. The van der Waals surface area contributed by atoms with Gasteiger partial charge in [-0.15, -0.1) is 0 Å². The van der Waals surface area contributed by atoms with Gasteiger partial charge in [-0.05, 0) is 68.9 Å². The zero-order chi connectivity index (χ0) is 26.2. The summed E-state index contributed by atoms with van der Waals surface area (Å²) in [7, 11) is 0. The molecule has 1 aliphatic carbocycles. The number of amides is 1. The van der Waals surface area contributed by atoms with Crippen molar-refractivity contribution in [3.8, 4) is 5.82 Å². The number of pyridine rings is 2. The number of nitrogens with zero attached hydrogens (tertiary/aromatic N) is 5. The normalized spacial score (nSPS) is 17.0. The molecule has 37 heavy (non-hydrogen) atoms. The van der Waals surface area contributed by atoms with Crippen LogP contribution in [0.1, 0.15) is 42.5 Å². The Morgan fingerprint density at radius 3 is 2.54 bits per heavy atom. The smallest absolute Gasteiger partial charge is 0.223 e. The minimum absolute atomic E-state index is 0.0160. The monoisotopic (exact) mass is 506 g/mol. The predicted molar refractivity (Wildman–Crippen MR) is 137 cm³/mol. The van der Waals surface area contributed by atoms with Crippen LogP contribution in [0, 0.1) is 25.6 Å². The van der Waals surface area contributed by atoms with Crippen molar-refractivity contribution in [3.05, 3.63) is 77.8 Å². The molecule has 4 N–H and O–H groups in total. The zero-order valence-corrected chi connectivity index (χ0v) is 20.9. The number of halogens is 1. The van der Waals surface area contributed by atoms with Gasteiger partial charge in [-0.1, -0.05) is 6.07 Å². The van der Waals surface area contributed by atoms with Gasteiger partial charge in [0.15, 0.2) is 17.5 Å². The molecule has 0 aliphatic heterocycles. The average molecular weight is 507 g/mol. The number of aryl methyl sites for hydroxylation is 2. The Kier molecular flexibility index (Phi) is 8.57. The maximum atomic E-state index is 12.9. The highest BCUT2D eigenvalue weighted by Gasteiger charge is 2.24. The summed E-state index contributed by atoms with van der Waals surface area (Å²) in [5, 5.41) is 26.3. The second-order valence-electron chi connectivity index (χ2n) is 9.13. The van der Waals surface area contributed by atoms with E-state index in [4.69, 9.17) is 0 Å². The Morgan fingerprint density at radius 2 is 1.92 bits per heavy atom. The molecule has 10 nitrogen and oxygen atoms in total. The van der Waals surface area contributed by atoms with Gasteiger partial charge in [-0.25, -0.2) is 19.0 Å². The first-order valence-corrected chi connectivity index (χ1v) is 12.2. The van der Waals surface area contributed by atoms with Crippen LogP contribution in [-0.2, 0) is 11.3 Å². The number of H-pyrrole nitrogens is 1. The summed E-state index contributed by atoms with van der Waals surface area (Å²) in [5.74, 6) is 1.72. The van der Waals surface area contributed by atoms with Crippen molar-refractivity contribution in [1.82, 2.24) is 35.3 Å². The van der Waals surface area contributed by atoms with Crippen molar-refractivity contribution in [3.63, 3.8) is 0 Å². The van der Waals surface area contributed by atoms with Crippen LogP contribution in [0.3, 0.4) is 0 Å². The highest BCUT2D eigenvalue weighted by molar-refractivity contribution is 5.78. The molecule has 11 heteroatoms. The van der Waals surface area contributed by atoms with Crippen molar-refractivity contribution in [2.75, 3.05) is 5.32 Å². The first kappa shape index (κ1) is 26.0. The number of hydrogen-bond acceptors (Lipinski definition) is 7. The van der Waals surface area contributed by atoms with Crippen LogP contribution in [-0.4, -0.2) is 47.1 Å². The second-order valence-corrected chi connectivity index (χ2v) is 9.13. The number of aromatic nitrogens is 6. The van der Waals surface area contributed by atoms with Crippen LogP contribution in [0.2, 0.25) is 0 Å². The minimum atomic E-state index is -0.416. The summed E-state index contributed by atoms with van der Waals surface area (Å²) >= 11 is 0. The lowest BCUT2D eigenvalue weighted by atomic mass is 9.87. The molecule has 1 fully saturated rings. The molecule has 5 rings (SSSR count). The lowest BCUT2D eigenvalue weighted by Gasteiger charge is -2.24. The van der Waals surface area contributed by atoms with E-state index in [9.17, 15) is 14.3 Å². The molecule has 194 valence electrons. The number of aliphatic hydroxyl groups is 1. The van der Waals surface area contributed by atoms with Gasteiger partial charge in [0.25, 0.3) is 0 Å². The standard InChI is InChI=1S/C16H19FN4O2.C10H12N4/c17-13-9-20-21(10-13)15-6-1-11(7-18-15)8-19-16(23)12-2-4-14(22)5-3-12;1-7-3-4-11-9(5-7)12-10-6-8(2)13-14-10/h1,6-7,9-10,12,14,22H,2-5,8H2,(H,19,23);3-6H,1-2H3,(H2,11,12,13,14). The van der Waals surface area contributed by atoms with Crippen LogP contribution in [0.15, 0.2) is 55.1 Å². The zero-order valence-electron chi connectivity index (χ0n) is 20.9. The van der Waals surface area contributed by atoms with Gasteiger partial charge in [0.05, 0.1) is 18.5 Å². The molecule has 4 heterocycles. The third kappa shape index (κ3) is 7.68. The molecule has 0 atom stereocenters. The molecule has 0 aromatic carbocycles. The lowest BCUT2D eigenvalue weighted by Crippen LogP contribution is -2.33. The number of aromatic amines is 1. The van der Waals surface area contributed by atoms with Gasteiger partial charge in [-0.3, -0.25) is 9.89 Å². The van der Waals surface area contributed by atoms with Crippen molar-refractivity contribution in [2.45, 2.75) is 52.2 Å². The Balaban J connectivity index is 0.000000195. The number of anilines is 2. The SMILES string of the molecule is Cc1ccnc(Nc2cc(C)[nH]n2)c1.O=C(NCc1ccc(-n2cc(F)cn2)nc1)C1CCC(O)CC1. The summed E-state index contributed by atoms with van der Waals surface area (Å²) in [6.45, 7) is 4.39. The maximum Gasteiger partial charge on any atom is 0.223 e. The minimum Gasteiger partial charge on any atom is -0.393 e.